The Kier molecular flexibility index (Phi) is 4.58. The van der Waals surface area contributed by atoms with Crippen molar-refractivity contribution in [2.45, 2.75) is 26.4 Å². The van der Waals surface area contributed by atoms with Crippen LogP contribution in [0.2, 0.25) is 0 Å². The minimum absolute atomic E-state index is 0.188. The number of nitrogens with zero attached hydrogens (tertiary/aromatic N) is 5. The van der Waals surface area contributed by atoms with Crippen LogP contribution >= 0.6 is 11.8 Å². The molecular weight excluding hydrogens is 368 g/mol. The molecule has 9 nitrogen and oxygen atoms in total. The fourth-order valence-electron chi connectivity index (χ4n) is 3.84. The van der Waals surface area contributed by atoms with E-state index < -0.39 is 5.09 Å². The van der Waals surface area contributed by atoms with Gasteiger partial charge in [-0.3, -0.25) is 0 Å². The smallest absolute Gasteiger partial charge is 0.294 e. The van der Waals surface area contributed by atoms with Crippen LogP contribution in [0.4, 0.5) is 0 Å². The molecule has 144 valence electrons. The van der Waals surface area contributed by atoms with Gasteiger partial charge in [0.05, 0.1) is 6.20 Å². The van der Waals surface area contributed by atoms with Gasteiger partial charge in [0.15, 0.2) is 12.4 Å². The third kappa shape index (κ3) is 3.29. The number of piperidine rings is 1. The van der Waals surface area contributed by atoms with Gasteiger partial charge < -0.3 is 14.8 Å². The number of thioether (sulfide) groups is 1. The van der Waals surface area contributed by atoms with E-state index in [4.69, 9.17) is 0 Å². The fourth-order valence-corrected chi connectivity index (χ4v) is 4.82. The molecule has 0 atom stereocenters. The average molecular weight is 390 g/mol. The van der Waals surface area contributed by atoms with Crippen LogP contribution in [0, 0.1) is 15.5 Å². The number of hydrogen-bond donors (Lipinski definition) is 1. The zero-order valence-electron chi connectivity index (χ0n) is 15.3. The van der Waals surface area contributed by atoms with Crippen LogP contribution in [0.15, 0.2) is 18.5 Å². The second kappa shape index (κ2) is 6.91. The SMILES string of the molecule is CSCC1(C)CCN(n2c(CO[N+](=O)[O-])nc3cnc4[nH]ccc4c32)CC1. The van der Waals surface area contributed by atoms with Crippen LogP contribution in [0.3, 0.4) is 0 Å². The number of fused-ring (bicyclic) bond motifs is 3. The van der Waals surface area contributed by atoms with Crippen molar-refractivity contribution in [2.75, 3.05) is 30.1 Å². The number of pyridine rings is 1. The summed E-state index contributed by atoms with van der Waals surface area (Å²) in [6, 6.07) is 1.96. The number of aromatic amines is 1. The van der Waals surface area contributed by atoms with Crippen molar-refractivity contribution in [3.05, 3.63) is 34.4 Å². The molecule has 0 radical (unpaired) electrons. The molecule has 4 heterocycles. The highest BCUT2D eigenvalue weighted by Gasteiger charge is 2.31. The van der Waals surface area contributed by atoms with E-state index in [2.05, 4.69) is 38.0 Å². The van der Waals surface area contributed by atoms with Gasteiger partial charge in [-0.2, -0.15) is 11.8 Å². The normalized spacial score (nSPS) is 16.9. The first-order valence-electron chi connectivity index (χ1n) is 8.86. The number of aromatic nitrogens is 4. The Morgan fingerprint density at radius 3 is 2.93 bits per heavy atom. The molecule has 0 amide bonds. The highest BCUT2D eigenvalue weighted by Crippen LogP contribution is 2.34. The molecule has 0 saturated carbocycles. The molecule has 0 aliphatic carbocycles. The van der Waals surface area contributed by atoms with Gasteiger partial charge in [0.2, 0.25) is 0 Å². The Hall–Kier alpha value is -2.49. The van der Waals surface area contributed by atoms with Crippen molar-refractivity contribution < 1.29 is 9.92 Å². The van der Waals surface area contributed by atoms with Crippen molar-refractivity contribution >= 4 is 33.8 Å². The maximum Gasteiger partial charge on any atom is 0.294 e. The molecule has 1 aliphatic rings. The summed E-state index contributed by atoms with van der Waals surface area (Å²) >= 11 is 1.88. The molecule has 3 aromatic heterocycles. The van der Waals surface area contributed by atoms with Gasteiger partial charge in [-0.05, 0) is 36.3 Å². The monoisotopic (exact) mass is 390 g/mol. The Bertz CT molecular complexity index is 976. The lowest BCUT2D eigenvalue weighted by Gasteiger charge is -2.41. The van der Waals surface area contributed by atoms with Crippen molar-refractivity contribution in [2.24, 2.45) is 5.41 Å². The van der Waals surface area contributed by atoms with Gasteiger partial charge in [0, 0.05) is 24.7 Å². The predicted octanol–water partition coefficient (Wildman–Crippen LogP) is 2.72. The van der Waals surface area contributed by atoms with Crippen LogP contribution in [0.25, 0.3) is 22.1 Å². The largest absolute Gasteiger partial charge is 0.346 e. The summed E-state index contributed by atoms with van der Waals surface area (Å²) < 4.78 is 2.00. The molecule has 4 rings (SSSR count). The third-order valence-corrected chi connectivity index (χ3v) is 6.25. The number of hydrogen-bond acceptors (Lipinski definition) is 7. The highest BCUT2D eigenvalue weighted by molar-refractivity contribution is 7.98. The van der Waals surface area contributed by atoms with Crippen LogP contribution < -0.4 is 5.01 Å². The molecule has 3 aromatic rings. The Labute approximate surface area is 160 Å². The molecule has 10 heteroatoms. The number of imidazole rings is 1. The Morgan fingerprint density at radius 2 is 2.22 bits per heavy atom. The molecule has 1 N–H and O–H groups in total. The molecular formula is C17H22N6O3S. The first-order valence-corrected chi connectivity index (χ1v) is 10.2. The van der Waals surface area contributed by atoms with Crippen LogP contribution in [-0.2, 0) is 11.4 Å². The summed E-state index contributed by atoms with van der Waals surface area (Å²) in [6.45, 7) is 3.87. The number of nitrogens with one attached hydrogen (secondary N) is 1. The number of rotatable bonds is 6. The van der Waals surface area contributed by atoms with E-state index in [-0.39, 0.29) is 6.61 Å². The summed E-state index contributed by atoms with van der Waals surface area (Å²) in [6.07, 6.45) is 7.80. The molecule has 1 aliphatic heterocycles. The van der Waals surface area contributed by atoms with E-state index in [1.165, 1.54) is 0 Å². The van der Waals surface area contributed by atoms with Crippen LogP contribution in [0.5, 0.6) is 0 Å². The van der Waals surface area contributed by atoms with E-state index in [1.54, 1.807) is 6.20 Å². The molecule has 0 aromatic carbocycles. The second-order valence-corrected chi connectivity index (χ2v) is 8.13. The maximum absolute atomic E-state index is 10.7. The summed E-state index contributed by atoms with van der Waals surface area (Å²) in [7, 11) is 0. The first-order chi connectivity index (χ1) is 13.0. The molecule has 1 saturated heterocycles. The lowest BCUT2D eigenvalue weighted by atomic mass is 9.83. The Morgan fingerprint density at radius 1 is 1.44 bits per heavy atom. The van der Waals surface area contributed by atoms with Gasteiger partial charge in [0.1, 0.15) is 16.7 Å². The van der Waals surface area contributed by atoms with Crippen LogP contribution in [-0.4, -0.2) is 49.8 Å². The van der Waals surface area contributed by atoms with Crippen molar-refractivity contribution in [3.63, 3.8) is 0 Å². The average Bonchev–Trinajstić information content (AvgIpc) is 3.24. The van der Waals surface area contributed by atoms with Gasteiger partial charge in [-0.1, -0.05) is 6.92 Å². The summed E-state index contributed by atoms with van der Waals surface area (Å²) in [5.74, 6) is 1.65. The lowest BCUT2D eigenvalue weighted by molar-refractivity contribution is -0.763. The summed E-state index contributed by atoms with van der Waals surface area (Å²) in [4.78, 5) is 27.4. The lowest BCUT2D eigenvalue weighted by Crippen LogP contribution is -2.46. The van der Waals surface area contributed by atoms with E-state index in [9.17, 15) is 10.1 Å². The van der Waals surface area contributed by atoms with Gasteiger partial charge in [-0.15, -0.1) is 10.1 Å². The molecule has 0 bridgehead atoms. The standard InChI is InChI=1S/C17H22N6O3S/c1-17(11-27-2)4-7-21(8-5-17)22-14(10-26-23(24)25)20-13-9-19-16-12(15(13)22)3-6-18-16/h3,6,9H,4-5,7-8,10-11H2,1-2H3,(H,18,19). The van der Waals surface area contributed by atoms with E-state index in [0.717, 1.165) is 48.2 Å². The fraction of sp³-hybridized carbons (Fsp3) is 0.529. The predicted molar refractivity (Wildman–Crippen MR) is 105 cm³/mol. The molecule has 1 fully saturated rings. The second-order valence-electron chi connectivity index (χ2n) is 7.27. The van der Waals surface area contributed by atoms with Gasteiger partial charge >= 0.3 is 0 Å². The van der Waals surface area contributed by atoms with Crippen molar-refractivity contribution in [1.82, 2.24) is 19.6 Å². The topological polar surface area (TPSA) is 102 Å². The summed E-state index contributed by atoms with van der Waals surface area (Å²) in [5.41, 5.74) is 2.71. The van der Waals surface area contributed by atoms with E-state index in [0.29, 0.717) is 16.8 Å². The van der Waals surface area contributed by atoms with E-state index >= 15 is 0 Å². The minimum atomic E-state index is -0.778. The Balaban J connectivity index is 1.76. The zero-order chi connectivity index (χ0) is 19.0. The van der Waals surface area contributed by atoms with E-state index in [1.807, 2.05) is 28.7 Å². The summed E-state index contributed by atoms with van der Waals surface area (Å²) in [5, 5.41) is 13.1. The molecule has 0 spiro atoms. The minimum Gasteiger partial charge on any atom is -0.346 e. The van der Waals surface area contributed by atoms with Crippen molar-refractivity contribution in [1.29, 1.82) is 0 Å². The maximum atomic E-state index is 10.7. The molecule has 27 heavy (non-hydrogen) atoms. The van der Waals surface area contributed by atoms with Crippen LogP contribution in [0.1, 0.15) is 25.6 Å². The molecule has 0 unspecified atom stereocenters. The number of H-pyrrole nitrogens is 1. The van der Waals surface area contributed by atoms with Crippen molar-refractivity contribution in [3.8, 4) is 0 Å². The van der Waals surface area contributed by atoms with Gasteiger partial charge in [0.25, 0.3) is 5.09 Å². The highest BCUT2D eigenvalue weighted by atomic mass is 32.2. The first kappa shape index (κ1) is 17.9. The third-order valence-electron chi connectivity index (χ3n) is 5.27. The van der Waals surface area contributed by atoms with Gasteiger partial charge in [-0.25, -0.2) is 14.6 Å². The zero-order valence-corrected chi connectivity index (χ0v) is 16.2. The quantitative estimate of drug-likeness (QED) is 0.510.